The minimum atomic E-state index is 0.240. The van der Waals surface area contributed by atoms with Crippen molar-refractivity contribution in [3.8, 4) is 0 Å². The summed E-state index contributed by atoms with van der Waals surface area (Å²) in [6.45, 7) is 9.51. The van der Waals surface area contributed by atoms with Gasteiger partial charge in [0.25, 0.3) is 0 Å². The summed E-state index contributed by atoms with van der Waals surface area (Å²) in [4.78, 5) is 6.40. The van der Waals surface area contributed by atoms with E-state index < -0.39 is 0 Å². The molecule has 0 aromatic carbocycles. The van der Waals surface area contributed by atoms with E-state index in [4.69, 9.17) is 5.73 Å². The van der Waals surface area contributed by atoms with Crippen molar-refractivity contribution in [1.82, 2.24) is 4.98 Å². The number of aromatic nitrogens is 1. The molecule has 0 aliphatic heterocycles. The van der Waals surface area contributed by atoms with Crippen molar-refractivity contribution in [2.75, 3.05) is 11.9 Å². The molecule has 16 heavy (non-hydrogen) atoms. The third kappa shape index (κ3) is 2.73. The maximum Gasteiger partial charge on any atom is 0.0442 e. The number of nitrogens with zero attached hydrogens (tertiary/aromatic N) is 2. The SMILES string of the molecule is CC(N(C)c1ccncc1CN)C(C)(C)C. The molecule has 90 valence electrons. The predicted octanol–water partition coefficient (Wildman–Crippen LogP) is 2.41. The predicted molar refractivity (Wildman–Crippen MR) is 69.4 cm³/mol. The lowest BCUT2D eigenvalue weighted by molar-refractivity contribution is 0.329. The molecule has 0 spiro atoms. The number of nitrogens with two attached hydrogens (primary N) is 1. The summed E-state index contributed by atoms with van der Waals surface area (Å²) in [5.41, 5.74) is 8.25. The highest BCUT2D eigenvalue weighted by Crippen LogP contribution is 2.28. The fourth-order valence-corrected chi connectivity index (χ4v) is 1.71. The van der Waals surface area contributed by atoms with Crippen molar-refractivity contribution < 1.29 is 0 Å². The molecule has 0 radical (unpaired) electrons. The Labute approximate surface area is 98.7 Å². The van der Waals surface area contributed by atoms with Gasteiger partial charge in [-0.2, -0.15) is 0 Å². The van der Waals surface area contributed by atoms with Crippen molar-refractivity contribution in [2.24, 2.45) is 11.1 Å². The smallest absolute Gasteiger partial charge is 0.0442 e. The van der Waals surface area contributed by atoms with Crippen LogP contribution in [0, 0.1) is 5.41 Å². The van der Waals surface area contributed by atoms with Gasteiger partial charge >= 0.3 is 0 Å². The van der Waals surface area contributed by atoms with E-state index in [-0.39, 0.29) is 5.41 Å². The molecule has 0 saturated heterocycles. The molecule has 0 saturated carbocycles. The van der Waals surface area contributed by atoms with E-state index >= 15 is 0 Å². The minimum absolute atomic E-state index is 0.240. The lowest BCUT2D eigenvalue weighted by Crippen LogP contribution is -2.40. The lowest BCUT2D eigenvalue weighted by atomic mass is 9.87. The second kappa shape index (κ2) is 4.83. The lowest BCUT2D eigenvalue weighted by Gasteiger charge is -2.37. The third-order valence-corrected chi connectivity index (χ3v) is 3.31. The topological polar surface area (TPSA) is 42.2 Å². The molecule has 1 unspecified atom stereocenters. The van der Waals surface area contributed by atoms with E-state index in [0.717, 1.165) is 5.56 Å². The van der Waals surface area contributed by atoms with Crippen molar-refractivity contribution in [3.05, 3.63) is 24.0 Å². The van der Waals surface area contributed by atoms with Crippen LogP contribution in [-0.4, -0.2) is 18.1 Å². The Bertz CT molecular complexity index is 341. The van der Waals surface area contributed by atoms with Crippen molar-refractivity contribution in [2.45, 2.75) is 40.3 Å². The van der Waals surface area contributed by atoms with Gasteiger partial charge in [0.05, 0.1) is 0 Å². The van der Waals surface area contributed by atoms with Gasteiger partial charge in [0.2, 0.25) is 0 Å². The van der Waals surface area contributed by atoms with Crippen molar-refractivity contribution in [1.29, 1.82) is 0 Å². The highest BCUT2D eigenvalue weighted by molar-refractivity contribution is 5.52. The molecule has 0 aliphatic carbocycles. The fourth-order valence-electron chi connectivity index (χ4n) is 1.71. The highest BCUT2D eigenvalue weighted by atomic mass is 15.1. The zero-order chi connectivity index (χ0) is 12.3. The van der Waals surface area contributed by atoms with E-state index in [0.29, 0.717) is 12.6 Å². The molecule has 1 rings (SSSR count). The molecular weight excluding hydrogens is 198 g/mol. The first-order valence-corrected chi connectivity index (χ1v) is 5.73. The molecule has 1 aromatic heterocycles. The van der Waals surface area contributed by atoms with Crippen LogP contribution in [-0.2, 0) is 6.54 Å². The van der Waals surface area contributed by atoms with Crippen molar-refractivity contribution in [3.63, 3.8) is 0 Å². The Balaban J connectivity index is 3.00. The summed E-state index contributed by atoms with van der Waals surface area (Å²) in [6.07, 6.45) is 3.67. The Morgan fingerprint density at radius 2 is 2.06 bits per heavy atom. The van der Waals surface area contributed by atoms with Gasteiger partial charge in [-0.3, -0.25) is 4.98 Å². The van der Waals surface area contributed by atoms with E-state index in [1.165, 1.54) is 5.69 Å². The van der Waals surface area contributed by atoms with E-state index in [9.17, 15) is 0 Å². The molecule has 1 heterocycles. The zero-order valence-electron chi connectivity index (χ0n) is 11.0. The molecular formula is C13H23N3. The normalized spacial score (nSPS) is 13.6. The Morgan fingerprint density at radius 3 is 2.56 bits per heavy atom. The first-order valence-electron chi connectivity index (χ1n) is 5.73. The van der Waals surface area contributed by atoms with Gasteiger partial charge in [0.15, 0.2) is 0 Å². The summed E-state index contributed by atoms with van der Waals surface area (Å²) < 4.78 is 0. The third-order valence-electron chi connectivity index (χ3n) is 3.31. The fraction of sp³-hybridized carbons (Fsp3) is 0.615. The maximum atomic E-state index is 5.73. The molecule has 0 aliphatic rings. The quantitative estimate of drug-likeness (QED) is 0.852. The number of anilines is 1. The molecule has 3 heteroatoms. The molecule has 1 atom stereocenters. The highest BCUT2D eigenvalue weighted by Gasteiger charge is 2.24. The Hall–Kier alpha value is -1.09. The Morgan fingerprint density at radius 1 is 1.44 bits per heavy atom. The van der Waals surface area contributed by atoms with Gasteiger partial charge < -0.3 is 10.6 Å². The second-order valence-corrected chi connectivity index (χ2v) is 5.36. The van der Waals surface area contributed by atoms with Crippen LogP contribution in [0.5, 0.6) is 0 Å². The molecule has 2 N–H and O–H groups in total. The minimum Gasteiger partial charge on any atom is -0.371 e. The van der Waals surface area contributed by atoms with Crippen LogP contribution in [0.4, 0.5) is 5.69 Å². The first kappa shape index (κ1) is 13.0. The summed E-state index contributed by atoms with van der Waals surface area (Å²) in [7, 11) is 2.12. The van der Waals surface area contributed by atoms with E-state index in [1.54, 1.807) is 0 Å². The summed E-state index contributed by atoms with van der Waals surface area (Å²) in [5.74, 6) is 0. The van der Waals surface area contributed by atoms with Gasteiger partial charge in [0, 0.05) is 43.3 Å². The molecule has 0 fully saturated rings. The first-order chi connectivity index (χ1) is 7.38. The van der Waals surface area contributed by atoms with Crippen molar-refractivity contribution >= 4 is 5.69 Å². The summed E-state index contributed by atoms with van der Waals surface area (Å²) >= 11 is 0. The van der Waals surface area contributed by atoms with Crippen LogP contribution in [0.2, 0.25) is 0 Å². The van der Waals surface area contributed by atoms with Gasteiger partial charge in [-0.15, -0.1) is 0 Å². The number of hydrogen-bond acceptors (Lipinski definition) is 3. The van der Waals surface area contributed by atoms with Crippen LogP contribution >= 0.6 is 0 Å². The van der Waals surface area contributed by atoms with Gasteiger partial charge in [-0.25, -0.2) is 0 Å². The summed E-state index contributed by atoms with van der Waals surface area (Å²) in [6, 6.07) is 2.48. The van der Waals surface area contributed by atoms with Gasteiger partial charge in [-0.05, 0) is 18.4 Å². The zero-order valence-corrected chi connectivity index (χ0v) is 11.0. The van der Waals surface area contributed by atoms with Crippen LogP contribution in [0.25, 0.3) is 0 Å². The average Bonchev–Trinajstić information content (AvgIpc) is 2.25. The second-order valence-electron chi connectivity index (χ2n) is 5.36. The molecule has 0 bridgehead atoms. The number of hydrogen-bond donors (Lipinski definition) is 1. The van der Waals surface area contributed by atoms with Gasteiger partial charge in [0.1, 0.15) is 0 Å². The maximum absolute atomic E-state index is 5.73. The van der Waals surface area contributed by atoms with E-state index in [2.05, 4.69) is 44.6 Å². The molecule has 3 nitrogen and oxygen atoms in total. The molecule has 0 amide bonds. The standard InChI is InChI=1S/C13H23N3/c1-10(13(2,3)4)16(5)12-6-7-15-9-11(12)8-14/h6-7,9-10H,8,14H2,1-5H3. The Kier molecular flexibility index (Phi) is 3.92. The molecule has 1 aromatic rings. The van der Waals surface area contributed by atoms with E-state index in [1.807, 2.05) is 18.5 Å². The average molecular weight is 221 g/mol. The number of rotatable bonds is 3. The summed E-state index contributed by atoms with van der Waals surface area (Å²) in [5, 5.41) is 0. The number of pyridine rings is 1. The monoisotopic (exact) mass is 221 g/mol. The van der Waals surface area contributed by atoms with Crippen LogP contribution in [0.15, 0.2) is 18.5 Å². The largest absolute Gasteiger partial charge is 0.371 e. The van der Waals surface area contributed by atoms with Crippen LogP contribution < -0.4 is 10.6 Å². The van der Waals surface area contributed by atoms with Crippen LogP contribution in [0.1, 0.15) is 33.3 Å². The van der Waals surface area contributed by atoms with Crippen LogP contribution in [0.3, 0.4) is 0 Å². The van der Waals surface area contributed by atoms with Gasteiger partial charge in [-0.1, -0.05) is 20.8 Å².